The fourth-order valence-electron chi connectivity index (χ4n) is 0.0714. The van der Waals surface area contributed by atoms with Gasteiger partial charge in [0.05, 0.1) is 6.33 Å². The lowest BCUT2D eigenvalue weighted by molar-refractivity contribution is 0.717. The first-order valence-electron chi connectivity index (χ1n) is 1.41. The Morgan fingerprint density at radius 1 is 1.29 bits per heavy atom. The summed E-state index contributed by atoms with van der Waals surface area (Å²) in [5, 5.41) is 0. The van der Waals surface area contributed by atoms with Gasteiger partial charge in [0.2, 0.25) is 3.79 Å². The highest BCUT2D eigenvalue weighted by Gasteiger charge is 2.13. The second-order valence-electron chi connectivity index (χ2n) is 0.834. The normalized spacial score (nSPS) is 13.1. The Morgan fingerprint density at radius 3 is 1.71 bits per heavy atom. The summed E-state index contributed by atoms with van der Waals surface area (Å²) in [5.41, 5.74) is 0. The van der Waals surface area contributed by atoms with Crippen molar-refractivity contribution in [3.8, 4) is 0 Å². The molecule has 0 aromatic heterocycles. The van der Waals surface area contributed by atoms with E-state index in [0.29, 0.717) is 0 Å². The van der Waals surface area contributed by atoms with Crippen LogP contribution in [0, 0.1) is 0 Å². The van der Waals surface area contributed by atoms with Crippen molar-refractivity contribution >= 4 is 34.8 Å². The van der Waals surface area contributed by atoms with Crippen LogP contribution in [0.15, 0.2) is 12.4 Å². The molecule has 0 atom stereocenters. The van der Waals surface area contributed by atoms with E-state index in [4.69, 9.17) is 34.8 Å². The monoisotopic (exact) mass is 162 g/mol. The van der Waals surface area contributed by atoms with Crippen LogP contribution in [0.2, 0.25) is 0 Å². The van der Waals surface area contributed by atoms with Crippen LogP contribution < -0.4 is 0 Å². The molecule has 0 bridgehead atoms. The van der Waals surface area contributed by atoms with E-state index in [2.05, 4.69) is 0 Å². The number of allylic oxidation sites excluding steroid dienone is 1. The van der Waals surface area contributed by atoms with Gasteiger partial charge >= 0.3 is 0 Å². The van der Waals surface area contributed by atoms with Crippen molar-refractivity contribution in [3.63, 3.8) is 0 Å². The molecule has 0 aliphatic carbocycles. The minimum absolute atomic E-state index is 0.188. The quantitative estimate of drug-likeness (QED) is 0.482. The molecule has 42 valence electrons. The minimum Gasteiger partial charge on any atom is -0.216 e. The van der Waals surface area contributed by atoms with E-state index in [1.54, 1.807) is 0 Å². The Kier molecular flexibility index (Phi) is 2.96. The van der Waals surface area contributed by atoms with Gasteiger partial charge in [-0.1, -0.05) is 34.8 Å². The van der Waals surface area contributed by atoms with Crippen molar-refractivity contribution in [2.24, 2.45) is 0 Å². The molecule has 0 N–H and O–H groups in total. The molecule has 0 spiro atoms. The zero-order valence-electron chi connectivity index (χ0n) is 3.17. The maximum Gasteiger partial charge on any atom is 0.211 e. The lowest BCUT2D eigenvalue weighted by atomic mass is 10.7. The van der Waals surface area contributed by atoms with Gasteiger partial charge in [-0.3, -0.25) is 0 Å². The van der Waals surface area contributed by atoms with Gasteiger partial charge in [-0.15, -0.1) is 0 Å². The second kappa shape index (κ2) is 2.75. The number of hydrogen-bond acceptors (Lipinski definition) is 0. The van der Waals surface area contributed by atoms with Crippen LogP contribution in [-0.2, 0) is 0 Å². The Hall–Kier alpha value is 0.540. The molecule has 0 aromatic carbocycles. The summed E-state index contributed by atoms with van der Waals surface area (Å²) in [6.45, 7) is 0. The van der Waals surface area contributed by atoms with Gasteiger partial charge in [0.15, 0.2) is 0 Å². The minimum atomic E-state index is -1.59. The summed E-state index contributed by atoms with van der Waals surface area (Å²) in [6, 6.07) is 0. The molecule has 0 heterocycles. The molecule has 0 radical (unpaired) electrons. The van der Waals surface area contributed by atoms with Crippen LogP contribution in [0.1, 0.15) is 0 Å². The predicted molar refractivity (Wildman–Crippen MR) is 30.5 cm³/mol. The van der Waals surface area contributed by atoms with Gasteiger partial charge in [0, 0.05) is 0 Å². The summed E-state index contributed by atoms with van der Waals surface area (Å²) >= 11 is 15.1. The average Bonchev–Trinajstić information content (AvgIpc) is 1.30. The molecule has 0 amide bonds. The van der Waals surface area contributed by atoms with E-state index in [9.17, 15) is 4.39 Å². The highest BCUT2D eigenvalue weighted by atomic mass is 35.6. The molecule has 0 unspecified atom stereocenters. The zero-order chi connectivity index (χ0) is 5.91. The van der Waals surface area contributed by atoms with Crippen molar-refractivity contribution in [3.05, 3.63) is 12.4 Å². The van der Waals surface area contributed by atoms with Crippen LogP contribution >= 0.6 is 34.8 Å². The first-order chi connectivity index (χ1) is 3.06. The molecule has 0 nitrogen and oxygen atoms in total. The Balaban J connectivity index is 3.56. The first kappa shape index (κ1) is 7.54. The largest absolute Gasteiger partial charge is 0.216 e. The Bertz CT molecular complexity index is 72.7. The van der Waals surface area contributed by atoms with E-state index >= 15 is 0 Å². The Labute approximate surface area is 55.9 Å². The van der Waals surface area contributed by atoms with Crippen LogP contribution in [0.5, 0.6) is 0 Å². The average molecular weight is 163 g/mol. The molecular weight excluding hydrogens is 161 g/mol. The summed E-state index contributed by atoms with van der Waals surface area (Å²) < 4.78 is 9.47. The van der Waals surface area contributed by atoms with E-state index in [1.165, 1.54) is 0 Å². The molecule has 0 aliphatic rings. The summed E-state index contributed by atoms with van der Waals surface area (Å²) in [7, 11) is 0. The highest BCUT2D eigenvalue weighted by molar-refractivity contribution is 6.68. The van der Waals surface area contributed by atoms with Crippen LogP contribution in [0.25, 0.3) is 0 Å². The third kappa shape index (κ3) is 6.54. The standard InChI is InChI=1S/C3H2Cl3F/c4-3(5,6)1-2-7/h1-2H. The predicted octanol–water partition coefficient (Wildman–Crippen LogP) is 2.84. The second-order valence-corrected chi connectivity index (χ2v) is 3.20. The molecule has 0 aromatic rings. The van der Waals surface area contributed by atoms with E-state index in [-0.39, 0.29) is 6.33 Å². The first-order valence-corrected chi connectivity index (χ1v) is 2.54. The highest BCUT2D eigenvalue weighted by Crippen LogP contribution is 2.26. The van der Waals surface area contributed by atoms with Crippen LogP contribution in [0.4, 0.5) is 4.39 Å². The van der Waals surface area contributed by atoms with Crippen molar-refractivity contribution in [2.75, 3.05) is 0 Å². The number of halogens is 4. The summed E-state index contributed by atoms with van der Waals surface area (Å²) in [5.74, 6) is 0. The molecular formula is C3H2Cl3F. The molecule has 0 saturated carbocycles. The molecule has 4 heteroatoms. The van der Waals surface area contributed by atoms with Gasteiger partial charge in [-0.05, 0) is 6.08 Å². The SMILES string of the molecule is FC=CC(Cl)(Cl)Cl. The third-order valence-corrected chi connectivity index (χ3v) is 0.630. The smallest absolute Gasteiger partial charge is 0.211 e. The van der Waals surface area contributed by atoms with Gasteiger partial charge in [0.25, 0.3) is 0 Å². The van der Waals surface area contributed by atoms with E-state index < -0.39 is 3.79 Å². The summed E-state index contributed by atoms with van der Waals surface area (Å²) in [4.78, 5) is 0. The van der Waals surface area contributed by atoms with Gasteiger partial charge in [-0.2, -0.15) is 0 Å². The lowest BCUT2D eigenvalue weighted by Gasteiger charge is -1.98. The van der Waals surface area contributed by atoms with Crippen molar-refractivity contribution < 1.29 is 4.39 Å². The van der Waals surface area contributed by atoms with Crippen LogP contribution in [0.3, 0.4) is 0 Å². The topological polar surface area (TPSA) is 0 Å². The molecule has 0 rings (SSSR count). The van der Waals surface area contributed by atoms with Crippen molar-refractivity contribution in [1.82, 2.24) is 0 Å². The molecule has 0 saturated heterocycles. The van der Waals surface area contributed by atoms with E-state index in [0.717, 1.165) is 6.08 Å². The number of alkyl halides is 3. The number of rotatable bonds is 0. The van der Waals surface area contributed by atoms with Crippen molar-refractivity contribution in [1.29, 1.82) is 0 Å². The van der Waals surface area contributed by atoms with Crippen LogP contribution in [-0.4, -0.2) is 3.79 Å². The van der Waals surface area contributed by atoms with Crippen molar-refractivity contribution in [2.45, 2.75) is 3.79 Å². The molecule has 7 heavy (non-hydrogen) atoms. The van der Waals surface area contributed by atoms with Gasteiger partial charge in [0.1, 0.15) is 0 Å². The maximum absolute atomic E-state index is 11.1. The zero-order valence-corrected chi connectivity index (χ0v) is 5.43. The summed E-state index contributed by atoms with van der Waals surface area (Å²) in [6.07, 6.45) is 1.00. The van der Waals surface area contributed by atoms with Gasteiger partial charge < -0.3 is 0 Å². The lowest BCUT2D eigenvalue weighted by Crippen LogP contribution is -1.92. The maximum atomic E-state index is 11.1. The van der Waals surface area contributed by atoms with Gasteiger partial charge in [-0.25, -0.2) is 4.39 Å². The Morgan fingerprint density at radius 2 is 1.71 bits per heavy atom. The molecule has 0 aliphatic heterocycles. The fraction of sp³-hybridized carbons (Fsp3) is 0.333. The number of hydrogen-bond donors (Lipinski definition) is 0. The molecule has 0 fully saturated rings. The van der Waals surface area contributed by atoms with E-state index in [1.807, 2.05) is 0 Å². The fourth-order valence-corrected chi connectivity index (χ4v) is 0.214. The third-order valence-electron chi connectivity index (χ3n) is 0.252.